The van der Waals surface area contributed by atoms with E-state index in [1.54, 1.807) is 18.2 Å². The van der Waals surface area contributed by atoms with Crippen LogP contribution in [0.5, 0.6) is 0 Å². The summed E-state index contributed by atoms with van der Waals surface area (Å²) in [5.41, 5.74) is -0.0465. The van der Waals surface area contributed by atoms with E-state index in [9.17, 15) is 13.5 Å². The third-order valence-corrected chi connectivity index (χ3v) is 5.51. The quantitative estimate of drug-likeness (QED) is 0.889. The van der Waals surface area contributed by atoms with Crippen LogP contribution in [0.2, 0.25) is 0 Å². The second-order valence-corrected chi connectivity index (χ2v) is 8.33. The van der Waals surface area contributed by atoms with Gasteiger partial charge in [0, 0.05) is 18.2 Å². The average molecular weight is 335 g/mol. The van der Waals surface area contributed by atoms with Crippen LogP contribution in [0.3, 0.4) is 0 Å². The van der Waals surface area contributed by atoms with Gasteiger partial charge in [-0.05, 0) is 31.0 Å². The molecular formula is C16H21N3O3S. The third-order valence-electron chi connectivity index (χ3n) is 4.40. The highest BCUT2D eigenvalue weighted by atomic mass is 32.2. The zero-order valence-corrected chi connectivity index (χ0v) is 13.9. The normalized spacial score (nSPS) is 18.0. The van der Waals surface area contributed by atoms with E-state index in [0.717, 1.165) is 32.1 Å². The van der Waals surface area contributed by atoms with Gasteiger partial charge in [-0.1, -0.05) is 19.3 Å². The first-order valence-electron chi connectivity index (χ1n) is 7.79. The molecule has 0 atom stereocenters. The first-order chi connectivity index (χ1) is 10.9. The summed E-state index contributed by atoms with van der Waals surface area (Å²) in [6, 6.07) is 4.80. The SMILES string of the molecule is CS(=O)(=O)c1ccc2ncnc(NCC3(O)CCCCC3)c2c1. The topological polar surface area (TPSA) is 92.2 Å². The van der Waals surface area contributed by atoms with Gasteiger partial charge in [-0.25, -0.2) is 18.4 Å². The van der Waals surface area contributed by atoms with Crippen molar-refractivity contribution in [1.82, 2.24) is 9.97 Å². The molecule has 7 heteroatoms. The van der Waals surface area contributed by atoms with Crippen LogP contribution >= 0.6 is 0 Å². The maximum atomic E-state index is 11.7. The molecule has 23 heavy (non-hydrogen) atoms. The second kappa shape index (κ2) is 6.05. The number of aliphatic hydroxyl groups is 1. The van der Waals surface area contributed by atoms with Gasteiger partial charge >= 0.3 is 0 Å². The fourth-order valence-corrected chi connectivity index (χ4v) is 3.69. The molecule has 0 spiro atoms. The number of anilines is 1. The van der Waals surface area contributed by atoms with E-state index in [2.05, 4.69) is 15.3 Å². The Kier molecular flexibility index (Phi) is 4.25. The number of hydrogen-bond donors (Lipinski definition) is 2. The lowest BCUT2D eigenvalue weighted by Crippen LogP contribution is -2.39. The molecule has 0 radical (unpaired) electrons. The van der Waals surface area contributed by atoms with Gasteiger partial charge in [0.05, 0.1) is 16.0 Å². The molecule has 6 nitrogen and oxygen atoms in total. The Hall–Kier alpha value is -1.73. The van der Waals surface area contributed by atoms with Gasteiger partial charge < -0.3 is 10.4 Å². The monoisotopic (exact) mass is 335 g/mol. The molecule has 3 rings (SSSR count). The highest BCUT2D eigenvalue weighted by molar-refractivity contribution is 7.90. The minimum Gasteiger partial charge on any atom is -0.388 e. The molecule has 2 aromatic rings. The van der Waals surface area contributed by atoms with E-state index in [1.807, 2.05) is 0 Å². The number of fused-ring (bicyclic) bond motifs is 1. The Morgan fingerprint density at radius 3 is 2.65 bits per heavy atom. The van der Waals surface area contributed by atoms with Crippen LogP contribution in [-0.2, 0) is 9.84 Å². The van der Waals surface area contributed by atoms with Crippen molar-refractivity contribution in [1.29, 1.82) is 0 Å². The molecular weight excluding hydrogens is 314 g/mol. The largest absolute Gasteiger partial charge is 0.388 e. The summed E-state index contributed by atoms with van der Waals surface area (Å²) in [7, 11) is -3.29. The molecule has 1 aliphatic carbocycles. The lowest BCUT2D eigenvalue weighted by molar-refractivity contribution is 0.0167. The lowest BCUT2D eigenvalue weighted by atomic mass is 9.85. The molecule has 0 saturated heterocycles. The zero-order chi connectivity index (χ0) is 16.5. The van der Waals surface area contributed by atoms with E-state index in [1.165, 1.54) is 12.6 Å². The van der Waals surface area contributed by atoms with Gasteiger partial charge in [-0.2, -0.15) is 0 Å². The second-order valence-electron chi connectivity index (χ2n) is 6.31. The number of rotatable bonds is 4. The first-order valence-corrected chi connectivity index (χ1v) is 9.68. The van der Waals surface area contributed by atoms with Gasteiger partial charge in [-0.3, -0.25) is 0 Å². The minimum atomic E-state index is -3.29. The summed E-state index contributed by atoms with van der Waals surface area (Å²) in [5.74, 6) is 0.555. The first kappa shape index (κ1) is 16.1. The van der Waals surface area contributed by atoms with Crippen molar-refractivity contribution < 1.29 is 13.5 Å². The predicted octanol–water partition coefficient (Wildman–Crippen LogP) is 2.14. The lowest BCUT2D eigenvalue weighted by Gasteiger charge is -2.32. The maximum absolute atomic E-state index is 11.7. The number of nitrogens with zero attached hydrogens (tertiary/aromatic N) is 2. The fraction of sp³-hybridized carbons (Fsp3) is 0.500. The molecule has 1 aromatic heterocycles. The highest BCUT2D eigenvalue weighted by Gasteiger charge is 2.29. The third kappa shape index (κ3) is 3.61. The summed E-state index contributed by atoms with van der Waals surface area (Å²) >= 11 is 0. The molecule has 1 aliphatic rings. The van der Waals surface area contributed by atoms with Crippen LogP contribution in [0.25, 0.3) is 10.9 Å². The number of aromatic nitrogens is 2. The molecule has 2 N–H and O–H groups in total. The minimum absolute atomic E-state index is 0.235. The van der Waals surface area contributed by atoms with Crippen molar-refractivity contribution in [2.24, 2.45) is 0 Å². The van der Waals surface area contributed by atoms with Crippen LogP contribution in [-0.4, -0.2) is 41.9 Å². The van der Waals surface area contributed by atoms with Crippen LogP contribution in [0.15, 0.2) is 29.4 Å². The predicted molar refractivity (Wildman–Crippen MR) is 89.2 cm³/mol. The molecule has 0 amide bonds. The van der Waals surface area contributed by atoms with Crippen molar-refractivity contribution in [2.75, 3.05) is 18.1 Å². The van der Waals surface area contributed by atoms with E-state index in [0.29, 0.717) is 23.3 Å². The van der Waals surface area contributed by atoms with Gasteiger partial charge in [0.1, 0.15) is 12.1 Å². The summed E-state index contributed by atoms with van der Waals surface area (Å²) in [6.45, 7) is 0.405. The Balaban J connectivity index is 1.90. The summed E-state index contributed by atoms with van der Waals surface area (Å²) < 4.78 is 23.5. The Bertz CT molecular complexity index is 814. The standard InChI is InChI=1S/C16H21N3O3S/c1-23(21,22)12-5-6-14-13(9-12)15(19-11-18-14)17-10-16(20)7-3-2-4-8-16/h5-6,9,11,20H,2-4,7-8,10H2,1H3,(H,17,18,19). The van der Waals surface area contributed by atoms with Crippen molar-refractivity contribution in [3.8, 4) is 0 Å². The highest BCUT2D eigenvalue weighted by Crippen LogP contribution is 2.29. The van der Waals surface area contributed by atoms with Gasteiger partial charge in [0.2, 0.25) is 0 Å². The molecule has 124 valence electrons. The maximum Gasteiger partial charge on any atom is 0.175 e. The van der Waals surface area contributed by atoms with E-state index >= 15 is 0 Å². The van der Waals surface area contributed by atoms with Crippen molar-refractivity contribution in [3.05, 3.63) is 24.5 Å². The van der Waals surface area contributed by atoms with E-state index in [-0.39, 0.29) is 4.90 Å². The molecule has 0 unspecified atom stereocenters. The zero-order valence-electron chi connectivity index (χ0n) is 13.1. The van der Waals surface area contributed by atoms with Crippen LogP contribution < -0.4 is 5.32 Å². The van der Waals surface area contributed by atoms with Gasteiger partial charge in [0.25, 0.3) is 0 Å². The smallest absolute Gasteiger partial charge is 0.175 e. The molecule has 0 aliphatic heterocycles. The fourth-order valence-electron chi connectivity index (χ4n) is 3.04. The molecule has 1 heterocycles. The van der Waals surface area contributed by atoms with Crippen molar-refractivity contribution in [3.63, 3.8) is 0 Å². The van der Waals surface area contributed by atoms with Gasteiger partial charge in [0.15, 0.2) is 9.84 Å². The van der Waals surface area contributed by atoms with Crippen LogP contribution in [0.1, 0.15) is 32.1 Å². The van der Waals surface area contributed by atoms with Crippen LogP contribution in [0.4, 0.5) is 5.82 Å². The average Bonchev–Trinajstić information content (AvgIpc) is 2.52. The molecule has 1 aromatic carbocycles. The van der Waals surface area contributed by atoms with E-state index in [4.69, 9.17) is 0 Å². The Morgan fingerprint density at radius 2 is 1.96 bits per heavy atom. The van der Waals surface area contributed by atoms with Gasteiger partial charge in [-0.15, -0.1) is 0 Å². The molecule has 1 fully saturated rings. The number of hydrogen-bond acceptors (Lipinski definition) is 6. The van der Waals surface area contributed by atoms with Crippen molar-refractivity contribution >= 4 is 26.6 Å². The van der Waals surface area contributed by atoms with E-state index < -0.39 is 15.4 Å². The summed E-state index contributed by atoms with van der Waals surface area (Å²) in [6.07, 6.45) is 7.39. The molecule has 1 saturated carbocycles. The Morgan fingerprint density at radius 1 is 1.22 bits per heavy atom. The summed E-state index contributed by atoms with van der Waals surface area (Å²) in [5, 5.41) is 14.4. The molecule has 0 bridgehead atoms. The van der Waals surface area contributed by atoms with Crippen molar-refractivity contribution in [2.45, 2.75) is 42.6 Å². The summed E-state index contributed by atoms with van der Waals surface area (Å²) in [4.78, 5) is 8.62. The number of sulfone groups is 1. The van der Waals surface area contributed by atoms with Crippen LogP contribution in [0, 0.1) is 0 Å². The number of benzene rings is 1. The number of nitrogens with one attached hydrogen (secondary N) is 1. The Labute approximate surface area is 135 Å².